The average molecular weight is 226 g/mol. The molecule has 0 radical (unpaired) electrons. The van der Waals surface area contributed by atoms with Crippen molar-refractivity contribution in [2.75, 3.05) is 0 Å². The first-order valence-electron chi connectivity index (χ1n) is 6.68. The summed E-state index contributed by atoms with van der Waals surface area (Å²) in [5.41, 5.74) is 5.27. The van der Waals surface area contributed by atoms with Crippen LogP contribution in [-0.4, -0.2) is 18.0 Å². The second-order valence-corrected chi connectivity index (χ2v) is 5.15. The average Bonchev–Trinajstić information content (AvgIpc) is 2.44. The lowest BCUT2D eigenvalue weighted by atomic mass is 9.95. The summed E-state index contributed by atoms with van der Waals surface area (Å²) in [6.45, 7) is 4.12. The highest BCUT2D eigenvalue weighted by molar-refractivity contribution is 5.79. The van der Waals surface area contributed by atoms with Crippen LogP contribution in [0.1, 0.15) is 58.8 Å². The minimum Gasteiger partial charge on any atom is -0.368 e. The molecule has 3 N–H and O–H groups in total. The molecular weight excluding hydrogens is 200 g/mol. The first kappa shape index (κ1) is 13.5. The van der Waals surface area contributed by atoms with Gasteiger partial charge in [0.2, 0.25) is 5.91 Å². The zero-order valence-corrected chi connectivity index (χ0v) is 10.7. The molecule has 0 aromatic rings. The number of nitrogens with two attached hydrogens (primary N) is 1. The van der Waals surface area contributed by atoms with Gasteiger partial charge in [0.1, 0.15) is 0 Å². The molecule has 16 heavy (non-hydrogen) atoms. The Kier molecular flexibility index (Phi) is 5.81. The maximum Gasteiger partial charge on any atom is 0.234 e. The van der Waals surface area contributed by atoms with Crippen LogP contribution in [0.15, 0.2) is 0 Å². The Balaban J connectivity index is 2.32. The minimum atomic E-state index is -0.241. The van der Waals surface area contributed by atoms with Gasteiger partial charge in [-0.1, -0.05) is 32.6 Å². The van der Waals surface area contributed by atoms with E-state index in [0.29, 0.717) is 6.04 Å². The first-order valence-corrected chi connectivity index (χ1v) is 6.68. The third-order valence-electron chi connectivity index (χ3n) is 3.70. The second-order valence-electron chi connectivity index (χ2n) is 5.15. The molecule has 0 aliphatic heterocycles. The Morgan fingerprint density at radius 1 is 1.38 bits per heavy atom. The molecule has 1 saturated carbocycles. The van der Waals surface area contributed by atoms with Crippen LogP contribution in [0.25, 0.3) is 0 Å². The van der Waals surface area contributed by atoms with Crippen molar-refractivity contribution in [2.45, 2.75) is 70.9 Å². The van der Waals surface area contributed by atoms with Gasteiger partial charge in [-0.25, -0.2) is 0 Å². The minimum absolute atomic E-state index is 0.187. The van der Waals surface area contributed by atoms with Gasteiger partial charge in [-0.15, -0.1) is 0 Å². The van der Waals surface area contributed by atoms with E-state index in [0.717, 1.165) is 5.92 Å². The highest BCUT2D eigenvalue weighted by Gasteiger charge is 2.20. The van der Waals surface area contributed by atoms with Gasteiger partial charge in [0, 0.05) is 6.04 Å². The molecule has 1 fully saturated rings. The SMILES string of the molecule is CCCC1CCCC(NC(C)C(N)=O)CC1. The lowest BCUT2D eigenvalue weighted by Crippen LogP contribution is -2.44. The smallest absolute Gasteiger partial charge is 0.234 e. The maximum absolute atomic E-state index is 11.0. The number of carbonyl (C=O) groups excluding carboxylic acids is 1. The standard InChI is InChI=1S/C13H26N2O/c1-3-5-11-6-4-7-12(9-8-11)15-10(2)13(14)16/h10-12,15H,3-9H2,1-2H3,(H2,14,16). The van der Waals surface area contributed by atoms with Crippen molar-refractivity contribution >= 4 is 5.91 Å². The summed E-state index contributed by atoms with van der Waals surface area (Å²) in [4.78, 5) is 11.0. The zero-order chi connectivity index (χ0) is 12.0. The van der Waals surface area contributed by atoms with Crippen LogP contribution in [-0.2, 0) is 4.79 Å². The van der Waals surface area contributed by atoms with Gasteiger partial charge in [-0.05, 0) is 32.1 Å². The molecule has 0 aromatic carbocycles. The molecular formula is C13H26N2O. The summed E-state index contributed by atoms with van der Waals surface area (Å²) in [5.74, 6) is 0.662. The molecule has 1 amide bonds. The van der Waals surface area contributed by atoms with Crippen molar-refractivity contribution in [1.82, 2.24) is 5.32 Å². The molecule has 3 heteroatoms. The maximum atomic E-state index is 11.0. The molecule has 1 rings (SSSR count). The molecule has 3 nitrogen and oxygen atoms in total. The van der Waals surface area contributed by atoms with E-state index in [2.05, 4.69) is 12.2 Å². The van der Waals surface area contributed by atoms with Crippen LogP contribution >= 0.6 is 0 Å². The third-order valence-corrected chi connectivity index (χ3v) is 3.70. The van der Waals surface area contributed by atoms with Crippen LogP contribution in [0, 0.1) is 5.92 Å². The number of rotatable bonds is 5. The molecule has 0 saturated heterocycles. The Morgan fingerprint density at radius 3 is 2.75 bits per heavy atom. The summed E-state index contributed by atoms with van der Waals surface area (Å²) < 4.78 is 0. The van der Waals surface area contributed by atoms with Crippen molar-refractivity contribution < 1.29 is 4.79 Å². The van der Waals surface area contributed by atoms with E-state index < -0.39 is 0 Å². The predicted octanol–water partition coefficient (Wildman–Crippen LogP) is 2.20. The van der Waals surface area contributed by atoms with Crippen LogP contribution in [0.5, 0.6) is 0 Å². The van der Waals surface area contributed by atoms with Crippen molar-refractivity contribution in [1.29, 1.82) is 0 Å². The van der Waals surface area contributed by atoms with Crippen LogP contribution in [0.2, 0.25) is 0 Å². The Hall–Kier alpha value is -0.570. The van der Waals surface area contributed by atoms with Gasteiger partial charge in [-0.3, -0.25) is 4.79 Å². The number of amides is 1. The third kappa shape index (κ3) is 4.52. The quantitative estimate of drug-likeness (QED) is 0.706. The topological polar surface area (TPSA) is 55.1 Å². The molecule has 0 aromatic heterocycles. The lowest BCUT2D eigenvalue weighted by molar-refractivity contribution is -0.119. The van der Waals surface area contributed by atoms with Crippen molar-refractivity contribution in [2.24, 2.45) is 11.7 Å². The Bertz CT molecular complexity index is 218. The number of primary amides is 1. The fraction of sp³-hybridized carbons (Fsp3) is 0.923. The normalized spacial score (nSPS) is 28.4. The largest absolute Gasteiger partial charge is 0.368 e. The summed E-state index contributed by atoms with van der Waals surface area (Å²) in [6, 6.07) is 0.303. The zero-order valence-electron chi connectivity index (χ0n) is 10.7. The summed E-state index contributed by atoms with van der Waals surface area (Å²) in [7, 11) is 0. The molecule has 0 spiro atoms. The van der Waals surface area contributed by atoms with Crippen molar-refractivity contribution in [3.05, 3.63) is 0 Å². The van der Waals surface area contributed by atoms with Gasteiger partial charge < -0.3 is 11.1 Å². The number of hydrogen-bond acceptors (Lipinski definition) is 2. The molecule has 1 aliphatic rings. The summed E-state index contributed by atoms with van der Waals surface area (Å²) in [6.07, 6.45) is 8.99. The lowest BCUT2D eigenvalue weighted by Gasteiger charge is -2.20. The van der Waals surface area contributed by atoms with Crippen molar-refractivity contribution in [3.63, 3.8) is 0 Å². The van der Waals surface area contributed by atoms with E-state index >= 15 is 0 Å². The molecule has 1 aliphatic carbocycles. The van der Waals surface area contributed by atoms with Gasteiger partial charge in [0.25, 0.3) is 0 Å². The molecule has 3 atom stereocenters. The summed E-state index contributed by atoms with van der Waals surface area (Å²) in [5, 5.41) is 3.35. The van der Waals surface area contributed by atoms with E-state index in [1.165, 1.54) is 44.9 Å². The monoisotopic (exact) mass is 226 g/mol. The number of carbonyl (C=O) groups is 1. The van der Waals surface area contributed by atoms with Crippen LogP contribution in [0.3, 0.4) is 0 Å². The van der Waals surface area contributed by atoms with E-state index in [-0.39, 0.29) is 11.9 Å². The van der Waals surface area contributed by atoms with Gasteiger partial charge in [-0.2, -0.15) is 0 Å². The number of hydrogen-bond donors (Lipinski definition) is 2. The van der Waals surface area contributed by atoms with E-state index in [9.17, 15) is 4.79 Å². The Morgan fingerprint density at radius 2 is 2.12 bits per heavy atom. The molecule has 94 valence electrons. The predicted molar refractivity (Wildman–Crippen MR) is 67.1 cm³/mol. The molecule has 3 unspecified atom stereocenters. The van der Waals surface area contributed by atoms with Crippen molar-refractivity contribution in [3.8, 4) is 0 Å². The van der Waals surface area contributed by atoms with E-state index in [4.69, 9.17) is 5.73 Å². The summed E-state index contributed by atoms with van der Waals surface area (Å²) >= 11 is 0. The van der Waals surface area contributed by atoms with Gasteiger partial charge in [0.05, 0.1) is 6.04 Å². The highest BCUT2D eigenvalue weighted by atomic mass is 16.1. The molecule has 0 heterocycles. The number of nitrogens with one attached hydrogen (secondary N) is 1. The van der Waals surface area contributed by atoms with Gasteiger partial charge >= 0.3 is 0 Å². The Labute approximate surface area is 99.2 Å². The fourth-order valence-corrected chi connectivity index (χ4v) is 2.68. The van der Waals surface area contributed by atoms with Crippen LogP contribution < -0.4 is 11.1 Å². The van der Waals surface area contributed by atoms with Crippen LogP contribution in [0.4, 0.5) is 0 Å². The second kappa shape index (κ2) is 6.89. The van der Waals surface area contributed by atoms with Gasteiger partial charge in [0.15, 0.2) is 0 Å². The van der Waals surface area contributed by atoms with E-state index in [1.54, 1.807) is 0 Å². The highest BCUT2D eigenvalue weighted by Crippen LogP contribution is 2.26. The first-order chi connectivity index (χ1) is 7.63. The molecule has 0 bridgehead atoms. The fourth-order valence-electron chi connectivity index (χ4n) is 2.68. The van der Waals surface area contributed by atoms with E-state index in [1.807, 2.05) is 6.92 Å².